The van der Waals surface area contributed by atoms with Crippen molar-refractivity contribution in [3.63, 3.8) is 0 Å². The van der Waals surface area contributed by atoms with E-state index >= 15 is 0 Å². The first-order valence-corrected chi connectivity index (χ1v) is 7.89. The Hall–Kier alpha value is -1.55. The fourth-order valence-corrected chi connectivity index (χ4v) is 2.20. The molecule has 0 fully saturated rings. The number of anilines is 1. The molecule has 4 heteroatoms. The van der Waals surface area contributed by atoms with Crippen LogP contribution in [0, 0.1) is 5.82 Å². The van der Waals surface area contributed by atoms with Crippen LogP contribution in [0.5, 0.6) is 5.75 Å². The second kappa shape index (κ2) is 8.03. The average molecular weight is 352 g/mol. The summed E-state index contributed by atoms with van der Waals surface area (Å²) in [6, 6.07) is 12.9. The standard InChI is InChI=1S/C17H19BrFNO/c1-2-3-10-21-15-7-4-13(5-8-15)12-20-17-9-6-14(18)11-16(17)19/h4-9,11,20H,2-3,10,12H2,1H3. The van der Waals surface area contributed by atoms with E-state index in [1.54, 1.807) is 6.07 Å². The molecule has 0 radical (unpaired) electrons. The van der Waals surface area contributed by atoms with E-state index in [2.05, 4.69) is 28.2 Å². The van der Waals surface area contributed by atoms with Gasteiger partial charge in [0.25, 0.3) is 0 Å². The Bertz CT molecular complexity index is 572. The molecule has 0 spiro atoms. The predicted molar refractivity (Wildman–Crippen MR) is 88.3 cm³/mol. The molecule has 0 saturated carbocycles. The number of ether oxygens (including phenoxy) is 1. The van der Waals surface area contributed by atoms with Crippen LogP contribution in [0.15, 0.2) is 46.9 Å². The molecule has 0 atom stereocenters. The van der Waals surface area contributed by atoms with Gasteiger partial charge in [0.15, 0.2) is 0 Å². The highest BCUT2D eigenvalue weighted by Gasteiger charge is 2.02. The van der Waals surface area contributed by atoms with E-state index < -0.39 is 0 Å². The van der Waals surface area contributed by atoms with Crippen molar-refractivity contribution in [1.29, 1.82) is 0 Å². The van der Waals surface area contributed by atoms with E-state index in [1.165, 1.54) is 6.07 Å². The van der Waals surface area contributed by atoms with Crippen LogP contribution >= 0.6 is 15.9 Å². The van der Waals surface area contributed by atoms with Crippen molar-refractivity contribution in [2.24, 2.45) is 0 Å². The fraction of sp³-hybridized carbons (Fsp3) is 0.294. The molecule has 1 N–H and O–H groups in total. The predicted octanol–water partition coefficient (Wildman–Crippen LogP) is 5.38. The Labute approximate surface area is 133 Å². The molecule has 0 unspecified atom stereocenters. The van der Waals surface area contributed by atoms with Crippen molar-refractivity contribution in [1.82, 2.24) is 0 Å². The molecule has 112 valence electrons. The third-order valence-electron chi connectivity index (χ3n) is 3.10. The summed E-state index contributed by atoms with van der Waals surface area (Å²) in [5, 5.41) is 3.09. The minimum absolute atomic E-state index is 0.260. The van der Waals surface area contributed by atoms with Crippen molar-refractivity contribution in [2.45, 2.75) is 26.3 Å². The van der Waals surface area contributed by atoms with Gasteiger partial charge in [0, 0.05) is 11.0 Å². The summed E-state index contributed by atoms with van der Waals surface area (Å²) in [5.41, 5.74) is 1.58. The van der Waals surface area contributed by atoms with E-state index in [0.29, 0.717) is 12.2 Å². The molecule has 0 amide bonds. The molecule has 0 saturated heterocycles. The third kappa shape index (κ3) is 5.05. The number of nitrogens with one attached hydrogen (secondary N) is 1. The van der Waals surface area contributed by atoms with E-state index in [-0.39, 0.29) is 5.82 Å². The van der Waals surface area contributed by atoms with Crippen molar-refractivity contribution in [2.75, 3.05) is 11.9 Å². The first kappa shape index (κ1) is 15.8. The van der Waals surface area contributed by atoms with Crippen LogP contribution < -0.4 is 10.1 Å². The molecule has 0 aliphatic rings. The van der Waals surface area contributed by atoms with Gasteiger partial charge in [-0.1, -0.05) is 41.4 Å². The van der Waals surface area contributed by atoms with E-state index in [9.17, 15) is 4.39 Å². The molecule has 0 heterocycles. The van der Waals surface area contributed by atoms with Crippen LogP contribution in [-0.4, -0.2) is 6.61 Å². The topological polar surface area (TPSA) is 21.3 Å². The molecule has 2 rings (SSSR count). The van der Waals surface area contributed by atoms with Gasteiger partial charge in [0.05, 0.1) is 12.3 Å². The lowest BCUT2D eigenvalue weighted by molar-refractivity contribution is 0.309. The maximum atomic E-state index is 13.7. The summed E-state index contributed by atoms with van der Waals surface area (Å²) in [6.07, 6.45) is 2.19. The second-order valence-corrected chi connectivity index (χ2v) is 5.74. The van der Waals surface area contributed by atoms with Crippen LogP contribution in [0.25, 0.3) is 0 Å². The zero-order valence-electron chi connectivity index (χ0n) is 12.0. The van der Waals surface area contributed by atoms with Crippen LogP contribution in [0.4, 0.5) is 10.1 Å². The summed E-state index contributed by atoms with van der Waals surface area (Å²) >= 11 is 3.24. The Morgan fingerprint density at radius 1 is 1.14 bits per heavy atom. The minimum atomic E-state index is -0.260. The van der Waals surface area contributed by atoms with Gasteiger partial charge in [-0.05, 0) is 42.3 Å². The first-order valence-electron chi connectivity index (χ1n) is 7.09. The fourth-order valence-electron chi connectivity index (χ4n) is 1.87. The summed E-state index contributed by atoms with van der Waals surface area (Å²) in [7, 11) is 0. The maximum Gasteiger partial charge on any atom is 0.147 e. The highest BCUT2D eigenvalue weighted by Crippen LogP contribution is 2.20. The van der Waals surface area contributed by atoms with Crippen molar-refractivity contribution < 1.29 is 9.13 Å². The van der Waals surface area contributed by atoms with E-state index in [0.717, 1.165) is 35.2 Å². The summed E-state index contributed by atoms with van der Waals surface area (Å²) in [6.45, 7) is 3.46. The molecular weight excluding hydrogens is 333 g/mol. The number of hydrogen-bond donors (Lipinski definition) is 1. The normalized spacial score (nSPS) is 10.4. The van der Waals surface area contributed by atoms with Crippen molar-refractivity contribution >= 4 is 21.6 Å². The van der Waals surface area contributed by atoms with Gasteiger partial charge in [0.2, 0.25) is 0 Å². The summed E-state index contributed by atoms with van der Waals surface area (Å²) in [5.74, 6) is 0.617. The Morgan fingerprint density at radius 3 is 2.57 bits per heavy atom. The molecule has 2 aromatic rings. The highest BCUT2D eigenvalue weighted by atomic mass is 79.9. The largest absolute Gasteiger partial charge is 0.494 e. The van der Waals surface area contributed by atoms with Gasteiger partial charge in [-0.15, -0.1) is 0 Å². The zero-order chi connectivity index (χ0) is 15.1. The maximum absolute atomic E-state index is 13.7. The smallest absolute Gasteiger partial charge is 0.147 e. The lowest BCUT2D eigenvalue weighted by Crippen LogP contribution is -2.02. The Balaban J connectivity index is 1.88. The minimum Gasteiger partial charge on any atom is -0.494 e. The van der Waals surface area contributed by atoms with E-state index in [4.69, 9.17) is 4.74 Å². The van der Waals surface area contributed by atoms with Crippen molar-refractivity contribution in [3.8, 4) is 5.75 Å². The van der Waals surface area contributed by atoms with Crippen molar-refractivity contribution in [3.05, 3.63) is 58.3 Å². The number of unbranched alkanes of at least 4 members (excludes halogenated alkanes) is 1. The first-order chi connectivity index (χ1) is 10.2. The van der Waals surface area contributed by atoms with Gasteiger partial charge in [-0.25, -0.2) is 4.39 Å². The SMILES string of the molecule is CCCCOc1ccc(CNc2ccc(Br)cc2F)cc1. The lowest BCUT2D eigenvalue weighted by Gasteiger charge is -2.09. The molecule has 2 aromatic carbocycles. The average Bonchev–Trinajstić information content (AvgIpc) is 2.48. The molecule has 0 bridgehead atoms. The van der Waals surface area contributed by atoms with Gasteiger partial charge in [-0.2, -0.15) is 0 Å². The van der Waals surface area contributed by atoms with Crippen LogP contribution in [0.3, 0.4) is 0 Å². The van der Waals surface area contributed by atoms with Gasteiger partial charge in [0.1, 0.15) is 11.6 Å². The quantitative estimate of drug-likeness (QED) is 0.676. The molecule has 21 heavy (non-hydrogen) atoms. The second-order valence-electron chi connectivity index (χ2n) is 4.82. The molecule has 0 aliphatic heterocycles. The van der Waals surface area contributed by atoms with Gasteiger partial charge >= 0.3 is 0 Å². The number of halogens is 2. The molecule has 0 aliphatic carbocycles. The number of rotatable bonds is 7. The zero-order valence-corrected chi connectivity index (χ0v) is 13.6. The monoisotopic (exact) mass is 351 g/mol. The van der Waals surface area contributed by atoms with Crippen LogP contribution in [0.2, 0.25) is 0 Å². The lowest BCUT2D eigenvalue weighted by atomic mass is 10.2. The van der Waals surface area contributed by atoms with Gasteiger partial charge < -0.3 is 10.1 Å². The number of benzene rings is 2. The van der Waals surface area contributed by atoms with E-state index in [1.807, 2.05) is 30.3 Å². The van der Waals surface area contributed by atoms with Crippen LogP contribution in [-0.2, 0) is 6.54 Å². The Kier molecular flexibility index (Phi) is 6.05. The molecule has 2 nitrogen and oxygen atoms in total. The molecular formula is C17H19BrFNO. The van der Waals surface area contributed by atoms with Crippen LogP contribution in [0.1, 0.15) is 25.3 Å². The summed E-state index contributed by atoms with van der Waals surface area (Å²) < 4.78 is 20.0. The number of hydrogen-bond acceptors (Lipinski definition) is 2. The third-order valence-corrected chi connectivity index (χ3v) is 3.60. The van der Waals surface area contributed by atoms with Gasteiger partial charge in [-0.3, -0.25) is 0 Å². The molecule has 0 aromatic heterocycles. The Morgan fingerprint density at radius 2 is 1.90 bits per heavy atom. The highest BCUT2D eigenvalue weighted by molar-refractivity contribution is 9.10. The summed E-state index contributed by atoms with van der Waals surface area (Å²) in [4.78, 5) is 0.